The molecule has 0 unspecified atom stereocenters. The number of carbonyl (C=O) groups excluding carboxylic acids is 2. The van der Waals surface area contributed by atoms with Gasteiger partial charge in [-0.15, -0.1) is 0 Å². The summed E-state index contributed by atoms with van der Waals surface area (Å²) in [6.07, 6.45) is 0.184. The molecule has 1 heterocycles. The van der Waals surface area contributed by atoms with Gasteiger partial charge in [0.2, 0.25) is 0 Å². The molecule has 0 spiro atoms. The third kappa shape index (κ3) is 6.15. The summed E-state index contributed by atoms with van der Waals surface area (Å²) in [6, 6.07) is 0. The van der Waals surface area contributed by atoms with Gasteiger partial charge in [0.15, 0.2) is 14.1 Å². The van der Waals surface area contributed by atoms with Crippen LogP contribution in [-0.4, -0.2) is 51.8 Å². The molecule has 0 saturated carbocycles. The van der Waals surface area contributed by atoms with Crippen LogP contribution in [0.15, 0.2) is 0 Å². The maximum atomic E-state index is 12.0. The lowest BCUT2D eigenvalue weighted by atomic mass is 9.71. The summed E-state index contributed by atoms with van der Waals surface area (Å²) in [5, 5.41) is 0.0202. The monoisotopic (exact) mass is 444 g/mol. The van der Waals surface area contributed by atoms with Crippen molar-refractivity contribution in [1.29, 1.82) is 0 Å². The number of methoxy groups -OCH3 is 1. The minimum Gasteiger partial charge on any atom is -0.469 e. The molecular formula is C23H44O6Si. The number of hydrogen-bond donors (Lipinski definition) is 0. The summed E-state index contributed by atoms with van der Waals surface area (Å²) in [5.41, 5.74) is -0.485. The fourth-order valence-corrected chi connectivity index (χ4v) is 5.41. The highest BCUT2D eigenvalue weighted by molar-refractivity contribution is 6.74. The Morgan fingerprint density at radius 3 is 2.10 bits per heavy atom. The van der Waals surface area contributed by atoms with Gasteiger partial charge in [0.1, 0.15) is 6.29 Å². The first kappa shape index (κ1) is 27.3. The van der Waals surface area contributed by atoms with Crippen molar-refractivity contribution in [2.24, 2.45) is 17.3 Å². The zero-order valence-corrected chi connectivity index (χ0v) is 22.1. The van der Waals surface area contributed by atoms with E-state index in [4.69, 9.17) is 18.6 Å². The Hall–Kier alpha value is -0.763. The molecule has 176 valence electrons. The standard InChI is InChI=1S/C23H44O6Si/c1-15(14-24)19(29-30(11,12)21(3,4)5)16(2)20-22(6,7)17(13-18(25)26-10)27-23(8,9)28-20/h14-17,19-20H,13H2,1-12H3/t15-,16+,17-,19-,20-/m0/s1. The minimum absolute atomic E-state index is 0.0202. The average molecular weight is 445 g/mol. The molecule has 1 aliphatic rings. The number of esters is 1. The van der Waals surface area contributed by atoms with Crippen molar-refractivity contribution < 1.29 is 28.2 Å². The summed E-state index contributed by atoms with van der Waals surface area (Å²) in [7, 11) is -0.740. The lowest BCUT2D eigenvalue weighted by Crippen LogP contribution is -2.61. The summed E-state index contributed by atoms with van der Waals surface area (Å²) < 4.78 is 24.2. The van der Waals surface area contributed by atoms with E-state index in [0.717, 1.165) is 6.29 Å². The molecule has 1 aliphatic heterocycles. The second-order valence-electron chi connectivity index (χ2n) is 11.3. The van der Waals surface area contributed by atoms with E-state index in [1.54, 1.807) is 0 Å². The van der Waals surface area contributed by atoms with E-state index < -0.39 is 19.5 Å². The van der Waals surface area contributed by atoms with Gasteiger partial charge >= 0.3 is 5.97 Å². The van der Waals surface area contributed by atoms with Gasteiger partial charge in [-0.25, -0.2) is 0 Å². The summed E-state index contributed by atoms with van der Waals surface area (Å²) >= 11 is 0. The quantitative estimate of drug-likeness (QED) is 0.299. The van der Waals surface area contributed by atoms with Crippen LogP contribution in [0.1, 0.15) is 68.7 Å². The molecule has 0 aliphatic carbocycles. The number of ether oxygens (including phenoxy) is 3. The van der Waals surface area contributed by atoms with Crippen molar-refractivity contribution in [3.05, 3.63) is 0 Å². The van der Waals surface area contributed by atoms with Crippen molar-refractivity contribution in [2.45, 2.75) is 111 Å². The average Bonchev–Trinajstić information content (AvgIpc) is 2.60. The maximum Gasteiger partial charge on any atom is 0.308 e. The minimum atomic E-state index is -2.12. The molecule has 0 radical (unpaired) electrons. The third-order valence-electron chi connectivity index (χ3n) is 6.95. The van der Waals surface area contributed by atoms with Crippen LogP contribution in [0.2, 0.25) is 18.1 Å². The van der Waals surface area contributed by atoms with Gasteiger partial charge in [-0.05, 0) is 32.0 Å². The second kappa shape index (κ2) is 9.39. The van der Waals surface area contributed by atoms with Crippen LogP contribution in [0.25, 0.3) is 0 Å². The molecule has 0 amide bonds. The molecule has 1 rings (SSSR count). The lowest BCUT2D eigenvalue weighted by molar-refractivity contribution is -0.353. The van der Waals surface area contributed by atoms with Gasteiger partial charge in [-0.1, -0.05) is 48.5 Å². The van der Waals surface area contributed by atoms with E-state index in [0.29, 0.717) is 0 Å². The molecule has 1 fully saturated rings. The highest BCUT2D eigenvalue weighted by Crippen LogP contribution is 2.47. The molecule has 0 aromatic carbocycles. The number of hydrogen-bond acceptors (Lipinski definition) is 6. The maximum absolute atomic E-state index is 12.0. The van der Waals surface area contributed by atoms with Gasteiger partial charge in [-0.3, -0.25) is 4.79 Å². The van der Waals surface area contributed by atoms with Crippen molar-refractivity contribution >= 4 is 20.6 Å². The largest absolute Gasteiger partial charge is 0.469 e. The van der Waals surface area contributed by atoms with Crippen LogP contribution in [-0.2, 0) is 28.2 Å². The van der Waals surface area contributed by atoms with Gasteiger partial charge in [-0.2, -0.15) is 0 Å². The van der Waals surface area contributed by atoms with Crippen LogP contribution in [0.4, 0.5) is 0 Å². The van der Waals surface area contributed by atoms with E-state index in [1.807, 2.05) is 34.6 Å². The van der Waals surface area contributed by atoms with Crippen LogP contribution in [0.3, 0.4) is 0 Å². The van der Waals surface area contributed by atoms with E-state index in [9.17, 15) is 9.59 Å². The Morgan fingerprint density at radius 1 is 1.13 bits per heavy atom. The van der Waals surface area contributed by atoms with E-state index in [-0.39, 0.29) is 47.6 Å². The highest BCUT2D eigenvalue weighted by Gasteiger charge is 2.54. The molecule has 0 aromatic rings. The first-order chi connectivity index (χ1) is 13.4. The van der Waals surface area contributed by atoms with E-state index in [2.05, 4.69) is 40.8 Å². The Labute approximate surface area is 184 Å². The summed E-state index contributed by atoms with van der Waals surface area (Å²) in [5.74, 6) is -1.54. The number of rotatable bonds is 8. The Balaban J connectivity index is 3.32. The van der Waals surface area contributed by atoms with Crippen LogP contribution >= 0.6 is 0 Å². The molecule has 1 saturated heterocycles. The molecule has 5 atom stereocenters. The van der Waals surface area contributed by atoms with Gasteiger partial charge in [0, 0.05) is 17.3 Å². The SMILES string of the molecule is COC(=O)C[C@@H]1OC(C)(C)O[C@@H]([C@H](C)[C@@H](O[Si](C)(C)C(C)(C)C)[C@@H](C)C=O)C1(C)C. The van der Waals surface area contributed by atoms with Crippen LogP contribution in [0, 0.1) is 17.3 Å². The smallest absolute Gasteiger partial charge is 0.308 e. The predicted molar refractivity (Wildman–Crippen MR) is 121 cm³/mol. The van der Waals surface area contributed by atoms with Gasteiger partial charge in [0.05, 0.1) is 31.8 Å². The fraction of sp³-hybridized carbons (Fsp3) is 0.913. The van der Waals surface area contributed by atoms with Crippen molar-refractivity contribution in [3.63, 3.8) is 0 Å². The van der Waals surface area contributed by atoms with Crippen LogP contribution < -0.4 is 0 Å². The van der Waals surface area contributed by atoms with Gasteiger partial charge in [0.25, 0.3) is 0 Å². The number of carbonyl (C=O) groups is 2. The summed E-state index contributed by atoms with van der Waals surface area (Å²) in [4.78, 5) is 23.8. The van der Waals surface area contributed by atoms with Crippen LogP contribution in [0.5, 0.6) is 0 Å². The lowest BCUT2D eigenvalue weighted by Gasteiger charge is -2.54. The normalized spacial score (nSPS) is 27.1. The predicted octanol–water partition coefficient (Wildman–Crippen LogP) is 4.96. The summed E-state index contributed by atoms with van der Waals surface area (Å²) in [6.45, 7) is 22.8. The van der Waals surface area contributed by atoms with E-state index >= 15 is 0 Å². The highest BCUT2D eigenvalue weighted by atomic mass is 28.4. The zero-order chi connectivity index (χ0) is 23.7. The van der Waals surface area contributed by atoms with Crippen molar-refractivity contribution in [3.8, 4) is 0 Å². The Morgan fingerprint density at radius 2 is 1.67 bits per heavy atom. The number of aldehydes is 1. The molecular weight excluding hydrogens is 400 g/mol. The Bertz CT molecular complexity index is 607. The Kier molecular flexibility index (Phi) is 8.53. The first-order valence-electron chi connectivity index (χ1n) is 10.9. The fourth-order valence-electron chi connectivity index (χ4n) is 3.95. The van der Waals surface area contributed by atoms with Gasteiger partial charge < -0.3 is 23.4 Å². The van der Waals surface area contributed by atoms with E-state index in [1.165, 1.54) is 7.11 Å². The molecule has 0 bridgehead atoms. The topological polar surface area (TPSA) is 71.1 Å². The molecule has 0 N–H and O–H groups in total. The molecule has 30 heavy (non-hydrogen) atoms. The zero-order valence-electron chi connectivity index (χ0n) is 21.1. The third-order valence-corrected chi connectivity index (χ3v) is 11.4. The first-order valence-corrected chi connectivity index (χ1v) is 13.9. The molecule has 6 nitrogen and oxygen atoms in total. The molecule has 0 aromatic heterocycles. The molecule has 7 heteroatoms. The second-order valence-corrected chi connectivity index (χ2v) is 16.1. The van der Waals surface area contributed by atoms with Crippen molar-refractivity contribution in [2.75, 3.05) is 7.11 Å². The van der Waals surface area contributed by atoms with Crippen molar-refractivity contribution in [1.82, 2.24) is 0 Å².